The smallest absolute Gasteiger partial charge is 0.256 e. The highest BCUT2D eigenvalue weighted by Crippen LogP contribution is 2.37. The van der Waals surface area contributed by atoms with Crippen molar-refractivity contribution in [1.82, 2.24) is 24.7 Å². The SMILES string of the molecule is C[C@@H]1COC[C@@H](C)N1C(=O)c1cc(F)ccc1-n1cc(C(=O)C2CCN(C(=O)[C@H]3N[C@@H]4CC[C@H]3C4)CC2)c2ccncc21. The van der Waals surface area contributed by atoms with Gasteiger partial charge in [0.2, 0.25) is 5.91 Å². The van der Waals surface area contributed by atoms with Crippen LogP contribution in [0.1, 0.15) is 66.7 Å². The number of piperidine rings is 2. The van der Waals surface area contributed by atoms with Gasteiger partial charge in [-0.2, -0.15) is 0 Å². The fourth-order valence-corrected chi connectivity index (χ4v) is 7.82. The highest BCUT2D eigenvalue weighted by molar-refractivity contribution is 6.10. The van der Waals surface area contributed by atoms with Crippen molar-refractivity contribution in [3.05, 3.63) is 59.8 Å². The molecule has 1 aromatic carbocycles. The number of benzene rings is 1. The molecule has 10 heteroatoms. The van der Waals surface area contributed by atoms with E-state index in [1.165, 1.54) is 12.1 Å². The van der Waals surface area contributed by atoms with Crippen LogP contribution >= 0.6 is 0 Å². The zero-order valence-electron chi connectivity index (χ0n) is 24.7. The zero-order valence-corrected chi connectivity index (χ0v) is 24.7. The number of Topliss-reactive ketones (excluding diaryl/α,β-unsaturated/α-hetero) is 1. The van der Waals surface area contributed by atoms with Crippen LogP contribution in [0.2, 0.25) is 0 Å². The third-order valence-corrected chi connectivity index (χ3v) is 10.0. The maximum absolute atomic E-state index is 14.6. The van der Waals surface area contributed by atoms with Gasteiger partial charge in [-0.25, -0.2) is 4.39 Å². The van der Waals surface area contributed by atoms with Crippen LogP contribution in [0.15, 0.2) is 42.9 Å². The van der Waals surface area contributed by atoms with E-state index in [2.05, 4.69) is 10.3 Å². The molecule has 2 aromatic heterocycles. The maximum Gasteiger partial charge on any atom is 0.256 e. The summed E-state index contributed by atoms with van der Waals surface area (Å²) >= 11 is 0. The number of ether oxygens (including phenoxy) is 1. The molecule has 0 spiro atoms. The Morgan fingerprint density at radius 1 is 1.00 bits per heavy atom. The largest absolute Gasteiger partial charge is 0.377 e. The topological polar surface area (TPSA) is 96.8 Å². The molecule has 1 saturated carbocycles. The molecule has 1 aliphatic carbocycles. The summed E-state index contributed by atoms with van der Waals surface area (Å²) in [6, 6.07) is 6.08. The lowest BCUT2D eigenvalue weighted by Gasteiger charge is -2.39. The third-order valence-electron chi connectivity index (χ3n) is 10.0. The molecule has 2 amide bonds. The van der Waals surface area contributed by atoms with E-state index in [0.29, 0.717) is 67.9 Å². The number of hydrogen-bond acceptors (Lipinski definition) is 6. The summed E-state index contributed by atoms with van der Waals surface area (Å²) in [5.74, 6) is -0.362. The second-order valence-corrected chi connectivity index (χ2v) is 12.8. The van der Waals surface area contributed by atoms with Gasteiger partial charge in [0.05, 0.1) is 54.3 Å². The van der Waals surface area contributed by atoms with Crippen molar-refractivity contribution < 1.29 is 23.5 Å². The lowest BCUT2D eigenvalue weighted by molar-refractivity contribution is -0.135. The van der Waals surface area contributed by atoms with Crippen LogP contribution in [0.25, 0.3) is 16.6 Å². The predicted molar refractivity (Wildman–Crippen MR) is 159 cm³/mol. The second-order valence-electron chi connectivity index (χ2n) is 12.8. The quantitative estimate of drug-likeness (QED) is 0.454. The van der Waals surface area contributed by atoms with Crippen molar-refractivity contribution in [3.63, 3.8) is 0 Å². The highest BCUT2D eigenvalue weighted by atomic mass is 19.1. The summed E-state index contributed by atoms with van der Waals surface area (Å²) in [7, 11) is 0. The standard InChI is InChI=1S/C33H38FN5O4/c1-19-17-43-18-20(2)39(19)32(41)26-14-23(34)4-6-28(26)38-16-27(25-7-10-35-15-29(25)38)31(40)21-8-11-37(12-9-21)33(42)30-22-3-5-24(13-22)36-30/h4,6-7,10,14-16,19-22,24,30,36H,3,5,8-9,11-13,17-18H2,1-2H3/t19-,20-,22+,24-,30+/m1/s1. The van der Waals surface area contributed by atoms with Crippen LogP contribution in [0.4, 0.5) is 4.39 Å². The Labute approximate surface area is 250 Å². The number of nitrogens with one attached hydrogen (secondary N) is 1. The summed E-state index contributed by atoms with van der Waals surface area (Å²) in [6.07, 6.45) is 9.68. The number of pyridine rings is 1. The van der Waals surface area contributed by atoms with E-state index in [0.717, 1.165) is 24.6 Å². The molecular formula is C33H38FN5O4. The molecular weight excluding hydrogens is 549 g/mol. The number of nitrogens with zero attached hydrogens (tertiary/aromatic N) is 4. The van der Waals surface area contributed by atoms with Crippen LogP contribution in [-0.2, 0) is 9.53 Å². The molecule has 1 N–H and O–H groups in total. The minimum absolute atomic E-state index is 0.0190. The Morgan fingerprint density at radius 2 is 1.77 bits per heavy atom. The molecule has 9 nitrogen and oxygen atoms in total. The Morgan fingerprint density at radius 3 is 2.47 bits per heavy atom. The van der Waals surface area contributed by atoms with Gasteiger partial charge >= 0.3 is 0 Å². The molecule has 4 aliphatic rings. The summed E-state index contributed by atoms with van der Waals surface area (Å²) in [5, 5.41) is 4.24. The van der Waals surface area contributed by atoms with Gasteiger partial charge in [0.1, 0.15) is 5.82 Å². The van der Waals surface area contributed by atoms with Gasteiger partial charge in [-0.15, -0.1) is 0 Å². The Balaban J connectivity index is 1.16. The van der Waals surface area contributed by atoms with Gasteiger partial charge in [0.25, 0.3) is 5.91 Å². The summed E-state index contributed by atoms with van der Waals surface area (Å²) in [4.78, 5) is 49.1. The number of ketones is 1. The number of morpholine rings is 1. The number of rotatable bonds is 5. The number of halogens is 1. The van der Waals surface area contributed by atoms with Crippen molar-refractivity contribution in [2.45, 2.75) is 70.1 Å². The first-order chi connectivity index (χ1) is 20.8. The molecule has 4 fully saturated rings. The first kappa shape index (κ1) is 28.2. The highest BCUT2D eigenvalue weighted by Gasteiger charge is 2.45. The molecule has 3 saturated heterocycles. The van der Waals surface area contributed by atoms with E-state index in [1.54, 1.807) is 34.1 Å². The normalized spacial score (nSPS) is 27.7. The average Bonchev–Trinajstić information content (AvgIpc) is 3.75. The summed E-state index contributed by atoms with van der Waals surface area (Å²) in [6.45, 7) is 5.81. The fraction of sp³-hybridized carbons (Fsp3) is 0.515. The molecule has 3 aromatic rings. The second kappa shape index (κ2) is 11.1. The van der Waals surface area contributed by atoms with Crippen LogP contribution < -0.4 is 5.32 Å². The molecule has 3 aliphatic heterocycles. The molecule has 5 heterocycles. The van der Waals surface area contributed by atoms with Gasteiger partial charge in [0.15, 0.2) is 5.78 Å². The molecule has 0 unspecified atom stereocenters. The zero-order chi connectivity index (χ0) is 29.8. The minimum atomic E-state index is -0.506. The molecule has 5 atom stereocenters. The third kappa shape index (κ3) is 4.94. The lowest BCUT2D eigenvalue weighted by Crippen LogP contribution is -2.52. The Kier molecular flexibility index (Phi) is 7.29. The van der Waals surface area contributed by atoms with E-state index >= 15 is 0 Å². The molecule has 43 heavy (non-hydrogen) atoms. The fourth-order valence-electron chi connectivity index (χ4n) is 7.82. The van der Waals surface area contributed by atoms with Gasteiger partial charge in [-0.3, -0.25) is 19.4 Å². The minimum Gasteiger partial charge on any atom is -0.377 e. The van der Waals surface area contributed by atoms with Crippen LogP contribution in [0, 0.1) is 17.7 Å². The van der Waals surface area contributed by atoms with Crippen molar-refractivity contribution in [3.8, 4) is 5.69 Å². The Bertz CT molecular complexity index is 1570. The molecule has 0 radical (unpaired) electrons. The lowest BCUT2D eigenvalue weighted by atomic mass is 9.88. The number of aromatic nitrogens is 2. The first-order valence-corrected chi connectivity index (χ1v) is 15.5. The summed E-state index contributed by atoms with van der Waals surface area (Å²) in [5.41, 5.74) is 1.94. The number of fused-ring (bicyclic) bond motifs is 3. The Hall–Kier alpha value is -3.63. The average molecular weight is 588 g/mol. The van der Waals surface area contributed by atoms with E-state index in [4.69, 9.17) is 4.74 Å². The van der Waals surface area contributed by atoms with Crippen molar-refractivity contribution in [2.24, 2.45) is 11.8 Å². The van der Waals surface area contributed by atoms with E-state index < -0.39 is 5.82 Å². The first-order valence-electron chi connectivity index (χ1n) is 15.5. The molecule has 2 bridgehead atoms. The molecule has 7 rings (SSSR count). The summed E-state index contributed by atoms with van der Waals surface area (Å²) < 4.78 is 22.0. The van der Waals surface area contributed by atoms with Gasteiger partial charge < -0.3 is 24.4 Å². The van der Waals surface area contributed by atoms with E-state index in [9.17, 15) is 18.8 Å². The van der Waals surface area contributed by atoms with E-state index in [1.807, 2.05) is 24.8 Å². The van der Waals surface area contributed by atoms with Crippen molar-refractivity contribution in [1.29, 1.82) is 0 Å². The van der Waals surface area contributed by atoms with Crippen molar-refractivity contribution in [2.75, 3.05) is 26.3 Å². The maximum atomic E-state index is 14.6. The number of carbonyl (C=O) groups excluding carboxylic acids is 3. The molecule has 226 valence electrons. The van der Waals surface area contributed by atoms with Crippen molar-refractivity contribution >= 4 is 28.5 Å². The number of carbonyl (C=O) groups is 3. The van der Waals surface area contributed by atoms with E-state index in [-0.39, 0.29) is 47.2 Å². The predicted octanol–water partition coefficient (Wildman–Crippen LogP) is 3.98. The van der Waals surface area contributed by atoms with Gasteiger partial charge in [-0.05, 0) is 76.1 Å². The monoisotopic (exact) mass is 587 g/mol. The number of likely N-dealkylation sites (tertiary alicyclic amines) is 1. The van der Waals surface area contributed by atoms with Gasteiger partial charge in [0, 0.05) is 48.4 Å². The van der Waals surface area contributed by atoms with Crippen LogP contribution in [0.3, 0.4) is 0 Å². The number of amides is 2. The van der Waals surface area contributed by atoms with Crippen LogP contribution in [0.5, 0.6) is 0 Å². The van der Waals surface area contributed by atoms with Crippen LogP contribution in [-0.4, -0.2) is 87.4 Å². The number of hydrogen-bond donors (Lipinski definition) is 1. The van der Waals surface area contributed by atoms with Gasteiger partial charge in [-0.1, -0.05) is 0 Å².